The molecular formula is C10H15F3N4O. The van der Waals surface area contributed by atoms with Crippen LogP contribution in [0.25, 0.3) is 0 Å². The van der Waals surface area contributed by atoms with Crippen molar-refractivity contribution < 1.29 is 18.0 Å². The molecule has 0 spiro atoms. The first kappa shape index (κ1) is 14.5. The molecular weight excluding hydrogens is 249 g/mol. The van der Waals surface area contributed by atoms with E-state index in [1.165, 1.54) is 0 Å². The number of aromatic nitrogens is 3. The lowest BCUT2D eigenvalue weighted by molar-refractivity contribution is -0.166. The summed E-state index contributed by atoms with van der Waals surface area (Å²) >= 11 is 0. The van der Waals surface area contributed by atoms with E-state index in [2.05, 4.69) is 10.3 Å². The summed E-state index contributed by atoms with van der Waals surface area (Å²) in [5, 5.41) is 7.12. The average Bonchev–Trinajstić information content (AvgIpc) is 2.57. The molecule has 1 heterocycles. The van der Waals surface area contributed by atoms with Crippen LogP contribution in [0.5, 0.6) is 0 Å². The second-order valence-electron chi connectivity index (χ2n) is 4.38. The van der Waals surface area contributed by atoms with Gasteiger partial charge in [0.05, 0.1) is 17.8 Å². The van der Waals surface area contributed by atoms with Crippen molar-refractivity contribution in [1.82, 2.24) is 15.0 Å². The number of amides is 1. The number of hydrogen-bond donors (Lipinski definition) is 1. The molecule has 1 aromatic heterocycles. The molecule has 0 bridgehead atoms. The van der Waals surface area contributed by atoms with Gasteiger partial charge in [-0.25, -0.2) is 4.68 Å². The molecule has 0 saturated heterocycles. The van der Waals surface area contributed by atoms with Gasteiger partial charge in [0, 0.05) is 0 Å². The number of rotatable bonds is 4. The van der Waals surface area contributed by atoms with Crippen LogP contribution >= 0.6 is 0 Å². The summed E-state index contributed by atoms with van der Waals surface area (Å²) in [5.41, 5.74) is 5.52. The molecule has 18 heavy (non-hydrogen) atoms. The third-order valence-corrected chi connectivity index (χ3v) is 2.53. The second-order valence-corrected chi connectivity index (χ2v) is 4.38. The van der Waals surface area contributed by atoms with E-state index in [9.17, 15) is 18.0 Å². The Morgan fingerprint density at radius 3 is 2.33 bits per heavy atom. The van der Waals surface area contributed by atoms with Gasteiger partial charge in [0.2, 0.25) is 5.91 Å². The summed E-state index contributed by atoms with van der Waals surface area (Å²) < 4.78 is 38.8. The smallest absolute Gasteiger partial charge is 0.369 e. The molecule has 0 saturated carbocycles. The summed E-state index contributed by atoms with van der Waals surface area (Å²) in [6, 6.07) is -1.79. The molecule has 1 rings (SSSR count). The minimum absolute atomic E-state index is 0.202. The lowest BCUT2D eigenvalue weighted by atomic mass is 10.1. The van der Waals surface area contributed by atoms with Gasteiger partial charge in [-0.15, -0.1) is 5.10 Å². The van der Waals surface area contributed by atoms with Crippen molar-refractivity contribution in [3.05, 3.63) is 11.4 Å². The van der Waals surface area contributed by atoms with Crippen molar-refractivity contribution in [2.45, 2.75) is 45.3 Å². The maximum absolute atomic E-state index is 12.7. The molecule has 5 nitrogen and oxygen atoms in total. The van der Waals surface area contributed by atoms with E-state index < -0.39 is 18.1 Å². The molecule has 1 unspecified atom stereocenters. The van der Waals surface area contributed by atoms with Gasteiger partial charge in [0.25, 0.3) is 0 Å². The highest BCUT2D eigenvalue weighted by atomic mass is 19.4. The summed E-state index contributed by atoms with van der Waals surface area (Å²) in [5.74, 6) is -0.886. The Morgan fingerprint density at radius 2 is 1.94 bits per heavy atom. The normalized spacial score (nSPS) is 13.9. The number of hydrogen-bond acceptors (Lipinski definition) is 3. The largest absolute Gasteiger partial charge is 0.410 e. The Kier molecular flexibility index (Phi) is 3.98. The van der Waals surface area contributed by atoms with Gasteiger partial charge in [-0.3, -0.25) is 4.79 Å². The van der Waals surface area contributed by atoms with Crippen LogP contribution < -0.4 is 5.73 Å². The standard InChI is InChI=1S/C10H15F3N4O/c1-5(2)9-7(4-8(14)18)15-16-17(9)6(3)10(11,12)13/h5-6H,4H2,1-3H3,(H2,14,18). The maximum Gasteiger partial charge on any atom is 0.410 e. The fourth-order valence-electron chi connectivity index (χ4n) is 1.65. The summed E-state index contributed by atoms with van der Waals surface area (Å²) in [6.07, 6.45) is -4.63. The molecule has 2 N–H and O–H groups in total. The topological polar surface area (TPSA) is 73.8 Å². The molecule has 1 atom stereocenters. The van der Waals surface area contributed by atoms with Crippen LogP contribution in [0.1, 0.15) is 44.1 Å². The number of nitrogens with two attached hydrogens (primary N) is 1. The number of carbonyl (C=O) groups is 1. The van der Waals surface area contributed by atoms with Crippen molar-refractivity contribution in [2.75, 3.05) is 0 Å². The molecule has 0 aliphatic heterocycles. The Bertz CT molecular complexity index is 439. The lowest BCUT2D eigenvalue weighted by Crippen LogP contribution is -2.27. The third kappa shape index (κ3) is 2.99. The summed E-state index contributed by atoms with van der Waals surface area (Å²) in [4.78, 5) is 10.8. The molecule has 0 radical (unpaired) electrons. The van der Waals surface area contributed by atoms with Gasteiger partial charge in [-0.05, 0) is 12.8 Å². The SMILES string of the molecule is CC(C)c1c(CC(N)=O)nnn1C(C)C(F)(F)F. The first-order chi connectivity index (χ1) is 8.14. The van der Waals surface area contributed by atoms with Crippen LogP contribution in [-0.4, -0.2) is 27.1 Å². The Balaban J connectivity index is 3.21. The van der Waals surface area contributed by atoms with Crippen LogP contribution in [0, 0.1) is 0 Å². The molecule has 102 valence electrons. The quantitative estimate of drug-likeness (QED) is 0.896. The number of halogens is 3. The predicted octanol–water partition coefficient (Wildman–Crippen LogP) is 1.55. The third-order valence-electron chi connectivity index (χ3n) is 2.53. The van der Waals surface area contributed by atoms with Crippen molar-refractivity contribution in [3.8, 4) is 0 Å². The van der Waals surface area contributed by atoms with E-state index in [0.717, 1.165) is 11.6 Å². The van der Waals surface area contributed by atoms with Gasteiger partial charge in [0.15, 0.2) is 0 Å². The van der Waals surface area contributed by atoms with Crippen LogP contribution in [0.15, 0.2) is 0 Å². The highest BCUT2D eigenvalue weighted by Crippen LogP contribution is 2.32. The number of primary amides is 1. The second kappa shape index (κ2) is 4.95. The lowest BCUT2D eigenvalue weighted by Gasteiger charge is -2.19. The number of alkyl halides is 3. The molecule has 1 aromatic rings. The molecule has 0 fully saturated rings. The first-order valence-electron chi connectivity index (χ1n) is 5.43. The fourth-order valence-corrected chi connectivity index (χ4v) is 1.65. The first-order valence-corrected chi connectivity index (χ1v) is 5.43. The van der Waals surface area contributed by atoms with E-state index in [-0.39, 0.29) is 18.0 Å². The number of nitrogens with zero attached hydrogens (tertiary/aromatic N) is 3. The van der Waals surface area contributed by atoms with Gasteiger partial charge >= 0.3 is 6.18 Å². The molecule has 0 aromatic carbocycles. The van der Waals surface area contributed by atoms with E-state index >= 15 is 0 Å². The highest BCUT2D eigenvalue weighted by molar-refractivity contribution is 5.76. The Hall–Kier alpha value is -1.60. The Labute approximate surface area is 102 Å². The zero-order chi connectivity index (χ0) is 14.1. The fraction of sp³-hybridized carbons (Fsp3) is 0.700. The van der Waals surface area contributed by atoms with Gasteiger partial charge in [-0.2, -0.15) is 13.2 Å². The maximum atomic E-state index is 12.7. The summed E-state index contributed by atoms with van der Waals surface area (Å²) in [7, 11) is 0. The van der Waals surface area contributed by atoms with Gasteiger partial charge in [0.1, 0.15) is 6.04 Å². The molecule has 0 aliphatic carbocycles. The van der Waals surface area contributed by atoms with Gasteiger partial charge in [-0.1, -0.05) is 19.1 Å². The van der Waals surface area contributed by atoms with E-state index in [4.69, 9.17) is 5.73 Å². The van der Waals surface area contributed by atoms with Crippen LogP contribution in [0.4, 0.5) is 13.2 Å². The molecule has 1 amide bonds. The van der Waals surface area contributed by atoms with Crippen molar-refractivity contribution in [3.63, 3.8) is 0 Å². The zero-order valence-corrected chi connectivity index (χ0v) is 10.3. The number of carbonyl (C=O) groups excluding carboxylic acids is 1. The van der Waals surface area contributed by atoms with Crippen molar-refractivity contribution in [2.24, 2.45) is 5.73 Å². The van der Waals surface area contributed by atoms with Crippen molar-refractivity contribution in [1.29, 1.82) is 0 Å². The van der Waals surface area contributed by atoms with Gasteiger partial charge < -0.3 is 5.73 Å². The van der Waals surface area contributed by atoms with Crippen LogP contribution in [-0.2, 0) is 11.2 Å². The molecule has 0 aliphatic rings. The minimum Gasteiger partial charge on any atom is -0.369 e. The van der Waals surface area contributed by atoms with E-state index in [1.54, 1.807) is 13.8 Å². The highest BCUT2D eigenvalue weighted by Gasteiger charge is 2.40. The predicted molar refractivity (Wildman–Crippen MR) is 57.8 cm³/mol. The van der Waals surface area contributed by atoms with Crippen LogP contribution in [0.3, 0.4) is 0 Å². The van der Waals surface area contributed by atoms with Crippen molar-refractivity contribution >= 4 is 5.91 Å². The Morgan fingerprint density at radius 1 is 1.39 bits per heavy atom. The summed E-state index contributed by atoms with van der Waals surface area (Å²) in [6.45, 7) is 4.42. The average molecular weight is 264 g/mol. The zero-order valence-electron chi connectivity index (χ0n) is 10.3. The minimum atomic E-state index is -4.42. The van der Waals surface area contributed by atoms with Crippen LogP contribution in [0.2, 0.25) is 0 Å². The molecule has 8 heteroatoms. The van der Waals surface area contributed by atoms with E-state index in [0.29, 0.717) is 5.69 Å². The van der Waals surface area contributed by atoms with E-state index in [1.807, 2.05) is 0 Å². The monoisotopic (exact) mass is 264 g/mol.